The van der Waals surface area contributed by atoms with Crippen molar-refractivity contribution in [2.24, 2.45) is 5.92 Å². The molecule has 2 atom stereocenters. The Morgan fingerprint density at radius 1 is 1.64 bits per heavy atom. The maximum Gasteiger partial charge on any atom is 0.163 e. The maximum atomic E-state index is 10.1. The lowest BCUT2D eigenvalue weighted by atomic mass is 9.92. The van der Waals surface area contributed by atoms with Crippen molar-refractivity contribution in [2.75, 3.05) is 19.8 Å². The minimum atomic E-state index is -0.127. The van der Waals surface area contributed by atoms with Crippen molar-refractivity contribution < 1.29 is 9.68 Å². The summed E-state index contributed by atoms with van der Waals surface area (Å²) in [5.74, 6) is 0.687. The van der Waals surface area contributed by atoms with Gasteiger partial charge < -0.3 is 5.11 Å². The van der Waals surface area contributed by atoms with Crippen molar-refractivity contribution >= 4 is 17.5 Å². The fourth-order valence-corrected chi connectivity index (χ4v) is 3.30. The summed E-state index contributed by atoms with van der Waals surface area (Å²) in [6, 6.07) is 0. The molecule has 1 aliphatic carbocycles. The van der Waals surface area contributed by atoms with Crippen molar-refractivity contribution in [2.45, 2.75) is 37.0 Å². The van der Waals surface area contributed by atoms with Crippen molar-refractivity contribution in [1.29, 1.82) is 0 Å². The molecule has 2 rings (SSSR count). The number of rotatable bonds is 4. The first-order valence-electron chi connectivity index (χ1n) is 5.39. The molecule has 0 radical (unpaired) electrons. The molecule has 1 saturated carbocycles. The normalized spacial score (nSPS) is 31.3. The molecule has 0 spiro atoms. The summed E-state index contributed by atoms with van der Waals surface area (Å²) in [6.45, 7) is 3.41. The molecule has 2 nitrogen and oxygen atoms in total. The van der Waals surface area contributed by atoms with Gasteiger partial charge >= 0.3 is 0 Å². The van der Waals surface area contributed by atoms with E-state index in [1.54, 1.807) is 0 Å². The Hall–Kier alpha value is -0.0200. The summed E-state index contributed by atoms with van der Waals surface area (Å²) in [7, 11) is 2.13. The molecule has 14 heavy (non-hydrogen) atoms. The van der Waals surface area contributed by atoms with E-state index in [1.807, 2.05) is 11.8 Å². The highest BCUT2D eigenvalue weighted by Gasteiger charge is 2.50. The molecular weight excluding hydrogens is 194 g/mol. The second-order valence-corrected chi connectivity index (χ2v) is 5.98. The van der Waals surface area contributed by atoms with Gasteiger partial charge in [-0.05, 0) is 26.0 Å². The number of hydrogen-bond donors (Lipinski definition) is 1. The van der Waals surface area contributed by atoms with Crippen LogP contribution in [-0.2, 0) is 0 Å². The Kier molecular flexibility index (Phi) is 2.64. The number of aliphatic hydroxyl groups excluding tert-OH is 1. The van der Waals surface area contributed by atoms with E-state index < -0.39 is 0 Å². The Morgan fingerprint density at radius 3 is 2.64 bits per heavy atom. The highest BCUT2D eigenvalue weighted by atomic mass is 32.2. The van der Waals surface area contributed by atoms with Gasteiger partial charge in [0, 0.05) is 4.75 Å². The molecule has 0 bridgehead atoms. The fraction of sp³-hybridized carbons (Fsp3) is 0.909. The van der Waals surface area contributed by atoms with E-state index in [1.165, 1.54) is 18.6 Å². The van der Waals surface area contributed by atoms with E-state index in [0.29, 0.717) is 5.92 Å². The third-order valence-corrected chi connectivity index (χ3v) is 5.26. The topological polar surface area (TPSA) is 23.2 Å². The van der Waals surface area contributed by atoms with Gasteiger partial charge in [0.2, 0.25) is 0 Å². The standard InChI is InChI=1S/C11H20NOS/c1-8-7-12(2)9(8)6-10(13)11(14-3)4-5-11/h8,10,13H,4-7H2,1-3H3/q+1/t8?,10-/m0/s1. The number of nitrogens with zero attached hydrogens (tertiary/aromatic N) is 1. The number of aliphatic hydroxyl groups is 1. The van der Waals surface area contributed by atoms with E-state index in [2.05, 4.69) is 24.8 Å². The van der Waals surface area contributed by atoms with Gasteiger partial charge in [0.25, 0.3) is 0 Å². The lowest BCUT2D eigenvalue weighted by molar-refractivity contribution is -0.535. The first-order valence-corrected chi connectivity index (χ1v) is 6.61. The zero-order chi connectivity index (χ0) is 10.3. The lowest BCUT2D eigenvalue weighted by Gasteiger charge is -2.26. The molecule has 1 fully saturated rings. The monoisotopic (exact) mass is 214 g/mol. The Bertz CT molecular complexity index is 270. The van der Waals surface area contributed by atoms with Crippen LogP contribution >= 0.6 is 11.8 Å². The van der Waals surface area contributed by atoms with E-state index in [4.69, 9.17) is 0 Å². The molecule has 1 heterocycles. The average Bonchev–Trinajstić information content (AvgIpc) is 2.95. The quantitative estimate of drug-likeness (QED) is 0.714. The van der Waals surface area contributed by atoms with Crippen LogP contribution in [0.2, 0.25) is 0 Å². The zero-order valence-corrected chi connectivity index (χ0v) is 10.1. The molecular formula is C11H20NOS+. The van der Waals surface area contributed by atoms with Gasteiger partial charge in [-0.15, -0.1) is 0 Å². The maximum absolute atomic E-state index is 10.1. The second kappa shape index (κ2) is 3.53. The summed E-state index contributed by atoms with van der Waals surface area (Å²) in [4.78, 5) is 0. The minimum absolute atomic E-state index is 0.127. The van der Waals surface area contributed by atoms with Crippen LogP contribution in [0.5, 0.6) is 0 Å². The van der Waals surface area contributed by atoms with Crippen LogP contribution in [0.3, 0.4) is 0 Å². The molecule has 0 aromatic rings. The molecule has 3 heteroatoms. The van der Waals surface area contributed by atoms with Crippen LogP contribution in [0, 0.1) is 5.92 Å². The molecule has 80 valence electrons. The summed E-state index contributed by atoms with van der Waals surface area (Å²) < 4.78 is 2.49. The van der Waals surface area contributed by atoms with Crippen molar-refractivity contribution in [3.05, 3.63) is 0 Å². The summed E-state index contributed by atoms with van der Waals surface area (Å²) in [6.07, 6.45) is 5.27. The van der Waals surface area contributed by atoms with Gasteiger partial charge in [-0.3, -0.25) is 0 Å². The van der Waals surface area contributed by atoms with Gasteiger partial charge in [0.05, 0.1) is 18.4 Å². The van der Waals surface area contributed by atoms with Gasteiger partial charge in [-0.1, -0.05) is 0 Å². The molecule has 0 amide bonds. The molecule has 0 aromatic heterocycles. The minimum Gasteiger partial charge on any atom is -0.391 e. The van der Waals surface area contributed by atoms with Crippen molar-refractivity contribution in [1.82, 2.24) is 0 Å². The third-order valence-electron chi connectivity index (χ3n) is 3.77. The smallest absolute Gasteiger partial charge is 0.163 e. The van der Waals surface area contributed by atoms with Crippen LogP contribution in [0.1, 0.15) is 26.2 Å². The average molecular weight is 214 g/mol. The summed E-state index contributed by atoms with van der Waals surface area (Å²) in [5, 5.41) is 10.1. The predicted octanol–water partition coefficient (Wildman–Crippen LogP) is 1.37. The van der Waals surface area contributed by atoms with Crippen LogP contribution in [-0.4, -0.2) is 46.1 Å². The van der Waals surface area contributed by atoms with Crippen molar-refractivity contribution in [3.63, 3.8) is 0 Å². The predicted molar refractivity (Wildman–Crippen MR) is 61.3 cm³/mol. The second-order valence-electron chi connectivity index (χ2n) is 4.76. The van der Waals surface area contributed by atoms with Gasteiger partial charge in [-0.2, -0.15) is 11.8 Å². The van der Waals surface area contributed by atoms with E-state index in [0.717, 1.165) is 13.0 Å². The van der Waals surface area contributed by atoms with Crippen molar-refractivity contribution in [3.8, 4) is 0 Å². The number of hydrogen-bond acceptors (Lipinski definition) is 2. The van der Waals surface area contributed by atoms with Gasteiger partial charge in [-0.25, -0.2) is 4.58 Å². The van der Waals surface area contributed by atoms with Gasteiger partial charge in [0.1, 0.15) is 7.05 Å². The van der Waals surface area contributed by atoms with Crippen LogP contribution in [0.15, 0.2) is 0 Å². The van der Waals surface area contributed by atoms with Crippen LogP contribution in [0.4, 0.5) is 0 Å². The summed E-state index contributed by atoms with van der Waals surface area (Å²) in [5.41, 5.74) is 1.44. The molecule has 0 aromatic carbocycles. The fourth-order valence-electron chi connectivity index (χ4n) is 2.43. The van der Waals surface area contributed by atoms with E-state index in [-0.39, 0.29) is 10.9 Å². The Labute approximate surface area is 90.4 Å². The molecule has 2 aliphatic rings. The number of thioether (sulfide) groups is 1. The Balaban J connectivity index is 1.95. The summed E-state index contributed by atoms with van der Waals surface area (Å²) >= 11 is 1.84. The SMILES string of the molecule is CSC1([C@@H](O)CC2=[N+](C)CC2C)CC1. The molecule has 1 unspecified atom stereocenters. The van der Waals surface area contributed by atoms with E-state index in [9.17, 15) is 5.11 Å². The van der Waals surface area contributed by atoms with Crippen LogP contribution < -0.4 is 0 Å². The first-order chi connectivity index (χ1) is 6.59. The highest BCUT2D eigenvalue weighted by molar-refractivity contribution is 8.00. The van der Waals surface area contributed by atoms with E-state index >= 15 is 0 Å². The third kappa shape index (κ3) is 1.61. The lowest BCUT2D eigenvalue weighted by Crippen LogP contribution is -2.44. The van der Waals surface area contributed by atoms with Gasteiger partial charge in [0.15, 0.2) is 12.3 Å². The molecule has 0 saturated heterocycles. The first kappa shape index (κ1) is 10.5. The van der Waals surface area contributed by atoms with Crippen LogP contribution in [0.25, 0.3) is 0 Å². The highest BCUT2D eigenvalue weighted by Crippen LogP contribution is 2.51. The Morgan fingerprint density at radius 2 is 2.29 bits per heavy atom. The largest absolute Gasteiger partial charge is 0.391 e. The zero-order valence-electron chi connectivity index (χ0n) is 9.29. The molecule has 1 N–H and O–H groups in total. The molecule has 1 aliphatic heterocycles.